The zero-order valence-electron chi connectivity index (χ0n) is 23.7. The number of ether oxygens (including phenoxy) is 3. The lowest BCUT2D eigenvalue weighted by Crippen LogP contribution is -2.52. The maximum atomic E-state index is 12.3. The Hall–Kier alpha value is -1.44. The van der Waals surface area contributed by atoms with Crippen LogP contribution in [-0.4, -0.2) is 41.7 Å². The number of esters is 1. The first kappa shape index (κ1) is 26.8. The molecule has 2 heterocycles. The van der Waals surface area contributed by atoms with Crippen LogP contribution in [0.4, 0.5) is 0 Å². The van der Waals surface area contributed by atoms with Crippen LogP contribution in [0.5, 0.6) is 0 Å². The third-order valence-corrected chi connectivity index (χ3v) is 12.3. The fraction of sp³-hybridized carbons (Fsp3) is 0.871. The molecule has 212 valence electrons. The molecule has 1 spiro atoms. The van der Waals surface area contributed by atoms with Gasteiger partial charge in [0.05, 0.1) is 19.1 Å². The van der Waals surface area contributed by atoms with Gasteiger partial charge in [-0.25, -0.2) is 5.48 Å². The van der Waals surface area contributed by atoms with Gasteiger partial charge in [0, 0.05) is 25.2 Å². The van der Waals surface area contributed by atoms with E-state index in [-0.39, 0.29) is 36.1 Å². The number of nitrogens with one attached hydrogen (secondary N) is 1. The van der Waals surface area contributed by atoms with Crippen molar-refractivity contribution in [3.8, 4) is 0 Å². The molecule has 5 fully saturated rings. The standard InChI is InChI=1S/C31H47NO6/c1-18-9-14-31(36-17-18)19(2)28-25(38-31)16-24-22-6-5-20-15-21(37-27(34)8-7-26(33)32-35)10-12-29(20,3)23(22)11-13-30(24,28)4/h5,18-19,21-25,28,35H,6-17H2,1-4H3,(H,32,33)/t18-,19+,21+,22-,23+,24+,25+,28+,29+,30+,31-/m1/s1. The van der Waals surface area contributed by atoms with Crippen LogP contribution in [0.3, 0.4) is 0 Å². The second-order valence-electron chi connectivity index (χ2n) is 14.2. The van der Waals surface area contributed by atoms with Crippen LogP contribution in [-0.2, 0) is 23.8 Å². The zero-order valence-corrected chi connectivity index (χ0v) is 23.7. The molecule has 0 bridgehead atoms. The van der Waals surface area contributed by atoms with Crippen molar-refractivity contribution in [3.05, 3.63) is 11.6 Å². The molecule has 0 unspecified atom stereocenters. The minimum absolute atomic E-state index is 0.00164. The van der Waals surface area contributed by atoms with Crippen molar-refractivity contribution in [2.45, 2.75) is 116 Å². The SMILES string of the molecule is C[C@@H]1CC[C@@]2(OC1)O[C@H]1C[C@H]3[C@@H]4CC=C5C[C@@H](OC(=O)CCC(=O)NO)CC[C@]5(C)[C@H]4CC[C@]3(C)[C@H]1[C@@H]2C. The van der Waals surface area contributed by atoms with E-state index in [1.165, 1.54) is 31.3 Å². The molecule has 3 saturated carbocycles. The number of rotatable bonds is 4. The van der Waals surface area contributed by atoms with Gasteiger partial charge in [-0.1, -0.05) is 39.3 Å². The van der Waals surface area contributed by atoms with Gasteiger partial charge < -0.3 is 14.2 Å². The summed E-state index contributed by atoms with van der Waals surface area (Å²) < 4.78 is 19.1. The first-order valence-corrected chi connectivity index (χ1v) is 15.2. The molecule has 6 aliphatic rings. The Morgan fingerprint density at radius 2 is 1.92 bits per heavy atom. The smallest absolute Gasteiger partial charge is 0.306 e. The highest BCUT2D eigenvalue weighted by atomic mass is 16.7. The van der Waals surface area contributed by atoms with E-state index >= 15 is 0 Å². The van der Waals surface area contributed by atoms with Crippen molar-refractivity contribution in [1.82, 2.24) is 5.48 Å². The van der Waals surface area contributed by atoms with Gasteiger partial charge in [-0.15, -0.1) is 0 Å². The summed E-state index contributed by atoms with van der Waals surface area (Å²) in [6, 6.07) is 0. The van der Waals surface area contributed by atoms with Crippen LogP contribution in [0.25, 0.3) is 0 Å². The normalized spacial score (nSPS) is 49.3. The Kier molecular flexibility index (Phi) is 6.75. The molecule has 0 aromatic carbocycles. The molecule has 0 aromatic heterocycles. The number of amides is 1. The van der Waals surface area contributed by atoms with Crippen LogP contribution in [0, 0.1) is 46.3 Å². The third-order valence-electron chi connectivity index (χ3n) is 12.3. The highest BCUT2D eigenvalue weighted by Gasteiger charge is 2.68. The van der Waals surface area contributed by atoms with E-state index in [2.05, 4.69) is 33.8 Å². The number of fused-ring (bicyclic) bond motifs is 7. The zero-order chi connectivity index (χ0) is 26.9. The van der Waals surface area contributed by atoms with E-state index in [4.69, 9.17) is 19.4 Å². The molecule has 7 nitrogen and oxygen atoms in total. The van der Waals surface area contributed by atoms with Crippen LogP contribution in [0.15, 0.2) is 11.6 Å². The van der Waals surface area contributed by atoms with Gasteiger partial charge in [-0.2, -0.15) is 0 Å². The Morgan fingerprint density at radius 1 is 1.11 bits per heavy atom. The lowest BCUT2D eigenvalue weighted by Gasteiger charge is -2.58. The van der Waals surface area contributed by atoms with Crippen LogP contribution in [0.2, 0.25) is 0 Å². The van der Waals surface area contributed by atoms with Gasteiger partial charge in [0.1, 0.15) is 6.10 Å². The van der Waals surface area contributed by atoms with Crippen molar-refractivity contribution in [2.24, 2.45) is 46.3 Å². The maximum absolute atomic E-state index is 12.3. The summed E-state index contributed by atoms with van der Waals surface area (Å²) in [5.41, 5.74) is 3.55. The quantitative estimate of drug-likeness (QED) is 0.215. The van der Waals surface area contributed by atoms with Crippen LogP contribution < -0.4 is 5.48 Å². The first-order valence-electron chi connectivity index (χ1n) is 15.2. The van der Waals surface area contributed by atoms with Crippen molar-refractivity contribution >= 4 is 11.9 Å². The summed E-state index contributed by atoms with van der Waals surface area (Å²) in [7, 11) is 0. The Bertz CT molecular complexity index is 987. The first-order chi connectivity index (χ1) is 18.1. The predicted molar refractivity (Wildman–Crippen MR) is 141 cm³/mol. The summed E-state index contributed by atoms with van der Waals surface area (Å²) in [5, 5.41) is 8.65. The van der Waals surface area contributed by atoms with Gasteiger partial charge in [-0.3, -0.25) is 14.8 Å². The number of carbonyl (C=O) groups excluding carboxylic acids is 2. The molecule has 11 atom stereocenters. The van der Waals surface area contributed by atoms with Crippen LogP contribution >= 0.6 is 0 Å². The molecule has 7 heteroatoms. The summed E-state index contributed by atoms with van der Waals surface area (Å²) in [6.45, 7) is 10.6. The Balaban J connectivity index is 1.14. The van der Waals surface area contributed by atoms with Gasteiger partial charge in [0.15, 0.2) is 5.79 Å². The van der Waals surface area contributed by atoms with Gasteiger partial charge in [0.2, 0.25) is 5.91 Å². The summed E-state index contributed by atoms with van der Waals surface area (Å²) >= 11 is 0. The number of hydroxylamine groups is 1. The topological polar surface area (TPSA) is 94.1 Å². The molecule has 2 N–H and O–H groups in total. The molecule has 6 rings (SSSR count). The minimum atomic E-state index is -0.560. The van der Waals surface area contributed by atoms with E-state index in [9.17, 15) is 9.59 Å². The maximum Gasteiger partial charge on any atom is 0.306 e. The molecule has 0 radical (unpaired) electrons. The average molecular weight is 530 g/mol. The number of hydrogen-bond acceptors (Lipinski definition) is 6. The van der Waals surface area contributed by atoms with E-state index in [1.54, 1.807) is 5.48 Å². The van der Waals surface area contributed by atoms with Gasteiger partial charge in [0.25, 0.3) is 0 Å². The second-order valence-corrected chi connectivity index (χ2v) is 14.2. The van der Waals surface area contributed by atoms with Crippen molar-refractivity contribution in [1.29, 1.82) is 0 Å². The highest BCUT2D eigenvalue weighted by molar-refractivity contribution is 5.80. The summed E-state index contributed by atoms with van der Waals surface area (Å²) in [6.07, 6.45) is 12.5. The number of allylic oxidation sites excluding steroid dienone is 1. The molecule has 1 amide bonds. The summed E-state index contributed by atoms with van der Waals surface area (Å²) in [5.74, 6) is 2.47. The Labute approximate surface area is 227 Å². The van der Waals surface area contributed by atoms with Gasteiger partial charge in [-0.05, 0) is 85.4 Å². The fourth-order valence-electron chi connectivity index (χ4n) is 10.3. The largest absolute Gasteiger partial charge is 0.462 e. The molecule has 4 aliphatic carbocycles. The van der Waals surface area contributed by atoms with E-state index in [0.717, 1.165) is 38.7 Å². The van der Waals surface area contributed by atoms with Crippen molar-refractivity contribution in [3.63, 3.8) is 0 Å². The average Bonchev–Trinajstić information content (AvgIpc) is 3.34. The monoisotopic (exact) mass is 529 g/mol. The molecular formula is C31H47NO6. The molecule has 0 aromatic rings. The van der Waals surface area contributed by atoms with Gasteiger partial charge >= 0.3 is 5.97 Å². The molecule has 2 aliphatic heterocycles. The molecule has 2 saturated heterocycles. The third kappa shape index (κ3) is 4.09. The highest BCUT2D eigenvalue weighted by Crippen LogP contribution is 2.70. The predicted octanol–water partition coefficient (Wildman–Crippen LogP) is 5.55. The second kappa shape index (κ2) is 9.59. The van der Waals surface area contributed by atoms with E-state index < -0.39 is 5.91 Å². The lowest BCUT2D eigenvalue weighted by molar-refractivity contribution is -0.272. The summed E-state index contributed by atoms with van der Waals surface area (Å²) in [4.78, 5) is 23.5. The number of hydrogen-bond donors (Lipinski definition) is 2. The minimum Gasteiger partial charge on any atom is -0.462 e. The number of carbonyl (C=O) groups is 2. The molecular weight excluding hydrogens is 482 g/mol. The molecule has 38 heavy (non-hydrogen) atoms. The van der Waals surface area contributed by atoms with Crippen LogP contribution in [0.1, 0.15) is 98.3 Å². The van der Waals surface area contributed by atoms with Crippen molar-refractivity contribution < 1.29 is 29.0 Å². The fourth-order valence-corrected chi connectivity index (χ4v) is 10.3. The van der Waals surface area contributed by atoms with E-state index in [1.807, 2.05) is 0 Å². The Morgan fingerprint density at radius 3 is 2.66 bits per heavy atom. The van der Waals surface area contributed by atoms with Crippen molar-refractivity contribution in [2.75, 3.05) is 6.61 Å². The van der Waals surface area contributed by atoms with E-state index in [0.29, 0.717) is 47.0 Å². The lowest BCUT2D eigenvalue weighted by atomic mass is 9.47.